The van der Waals surface area contributed by atoms with Gasteiger partial charge in [-0.15, -0.1) is 0 Å². The van der Waals surface area contributed by atoms with Gasteiger partial charge in [0.25, 0.3) is 11.6 Å². The second kappa shape index (κ2) is 7.74. The standard InChI is InChI=1S/C22H23ClN6O3/c1-13-20-16(12-17(14-3-4-14)24-21(20)26(2)25-13)22(30)28-9-7-27(8-10-28)18-6-5-15(23)11-19(18)29(31)32/h5-6,11-12,14H,3-4,7-10H2,1-2H3. The number of anilines is 1. The van der Waals surface area contributed by atoms with Gasteiger partial charge in [-0.25, -0.2) is 4.98 Å². The van der Waals surface area contributed by atoms with Crippen LogP contribution >= 0.6 is 11.6 Å². The molecule has 5 rings (SSSR count). The Hall–Kier alpha value is -3.20. The number of carbonyl (C=O) groups excluding carboxylic acids is 1. The fourth-order valence-electron chi connectivity index (χ4n) is 4.45. The Balaban J connectivity index is 1.41. The zero-order chi connectivity index (χ0) is 22.6. The summed E-state index contributed by atoms with van der Waals surface area (Å²) in [5.41, 5.74) is 3.64. The number of nitro groups is 1. The molecule has 0 bridgehead atoms. The van der Waals surface area contributed by atoms with Gasteiger partial charge in [-0.3, -0.25) is 19.6 Å². The first kappa shape index (κ1) is 20.7. The molecule has 2 fully saturated rings. The van der Waals surface area contributed by atoms with Crippen LogP contribution in [0.3, 0.4) is 0 Å². The molecule has 1 saturated heterocycles. The van der Waals surface area contributed by atoms with E-state index in [9.17, 15) is 14.9 Å². The summed E-state index contributed by atoms with van der Waals surface area (Å²) in [6.07, 6.45) is 2.20. The van der Waals surface area contributed by atoms with Gasteiger partial charge in [0.15, 0.2) is 5.65 Å². The molecule has 2 aliphatic rings. The highest BCUT2D eigenvalue weighted by atomic mass is 35.5. The normalized spacial score (nSPS) is 16.6. The number of fused-ring (bicyclic) bond motifs is 1. The first-order chi connectivity index (χ1) is 15.3. The summed E-state index contributed by atoms with van der Waals surface area (Å²) in [6.45, 7) is 3.85. The van der Waals surface area contributed by atoms with Gasteiger partial charge in [-0.1, -0.05) is 11.6 Å². The van der Waals surface area contributed by atoms with Gasteiger partial charge in [-0.2, -0.15) is 5.10 Å². The average molecular weight is 455 g/mol. The summed E-state index contributed by atoms with van der Waals surface area (Å²) in [5, 5.41) is 17.1. The molecule has 0 radical (unpaired) electrons. The Bertz CT molecular complexity index is 1240. The molecule has 0 unspecified atom stereocenters. The van der Waals surface area contributed by atoms with Crippen molar-refractivity contribution in [1.29, 1.82) is 0 Å². The summed E-state index contributed by atoms with van der Waals surface area (Å²) >= 11 is 5.95. The van der Waals surface area contributed by atoms with Crippen molar-refractivity contribution < 1.29 is 9.72 Å². The van der Waals surface area contributed by atoms with Crippen molar-refractivity contribution in [2.24, 2.45) is 7.05 Å². The molecule has 32 heavy (non-hydrogen) atoms. The highest BCUT2D eigenvalue weighted by molar-refractivity contribution is 6.30. The molecule has 0 N–H and O–H groups in total. The van der Waals surface area contributed by atoms with Crippen molar-refractivity contribution in [2.75, 3.05) is 31.1 Å². The molecule has 3 aromatic rings. The number of piperazine rings is 1. The minimum absolute atomic E-state index is 0.0202. The van der Waals surface area contributed by atoms with E-state index < -0.39 is 4.92 Å². The minimum atomic E-state index is -0.420. The zero-order valence-electron chi connectivity index (χ0n) is 17.9. The van der Waals surface area contributed by atoms with Gasteiger partial charge in [0, 0.05) is 55.9 Å². The van der Waals surface area contributed by atoms with Gasteiger partial charge in [-0.05, 0) is 38.0 Å². The lowest BCUT2D eigenvalue weighted by Gasteiger charge is -2.36. The van der Waals surface area contributed by atoms with Crippen molar-refractivity contribution in [3.05, 3.63) is 56.4 Å². The van der Waals surface area contributed by atoms with Crippen LogP contribution in [0.25, 0.3) is 11.0 Å². The number of carbonyl (C=O) groups is 1. The molecule has 1 aliphatic carbocycles. The molecule has 10 heteroatoms. The van der Waals surface area contributed by atoms with Crippen LogP contribution in [0.5, 0.6) is 0 Å². The quantitative estimate of drug-likeness (QED) is 0.440. The Morgan fingerprint density at radius 2 is 1.91 bits per heavy atom. The Kier molecular flexibility index (Phi) is 5.00. The maximum absolute atomic E-state index is 13.6. The first-order valence-electron chi connectivity index (χ1n) is 10.7. The predicted molar refractivity (Wildman–Crippen MR) is 121 cm³/mol. The molecule has 2 aromatic heterocycles. The molecule has 9 nitrogen and oxygen atoms in total. The van der Waals surface area contributed by atoms with E-state index in [1.165, 1.54) is 6.07 Å². The van der Waals surface area contributed by atoms with Gasteiger partial charge in [0.1, 0.15) is 5.69 Å². The number of nitrogens with zero attached hydrogens (tertiary/aromatic N) is 6. The van der Waals surface area contributed by atoms with Gasteiger partial charge >= 0.3 is 0 Å². The van der Waals surface area contributed by atoms with Gasteiger partial charge < -0.3 is 9.80 Å². The molecule has 1 saturated carbocycles. The SMILES string of the molecule is Cc1nn(C)c2nc(C3CC3)cc(C(=O)N3CCN(c4ccc(Cl)cc4[N+](=O)[O-])CC3)c12. The zero-order valence-corrected chi connectivity index (χ0v) is 18.7. The van der Waals surface area contributed by atoms with E-state index in [2.05, 4.69) is 5.10 Å². The number of rotatable bonds is 4. The topological polar surface area (TPSA) is 97.4 Å². The minimum Gasteiger partial charge on any atom is -0.362 e. The smallest absolute Gasteiger partial charge is 0.294 e. The number of hydrogen-bond donors (Lipinski definition) is 0. The molecule has 1 aromatic carbocycles. The Morgan fingerprint density at radius 3 is 2.56 bits per heavy atom. The van der Waals surface area contributed by atoms with E-state index in [0.717, 1.165) is 35.3 Å². The average Bonchev–Trinajstić information content (AvgIpc) is 3.59. The third-order valence-corrected chi connectivity index (χ3v) is 6.49. The second-order valence-electron chi connectivity index (χ2n) is 8.45. The van der Waals surface area contributed by atoms with Crippen molar-refractivity contribution >= 4 is 39.9 Å². The lowest BCUT2D eigenvalue weighted by atomic mass is 10.1. The lowest BCUT2D eigenvalue weighted by molar-refractivity contribution is -0.384. The number of benzene rings is 1. The van der Waals surface area contributed by atoms with Crippen molar-refractivity contribution in [2.45, 2.75) is 25.7 Å². The highest BCUT2D eigenvalue weighted by Gasteiger charge is 2.31. The third-order valence-electron chi connectivity index (χ3n) is 6.26. The summed E-state index contributed by atoms with van der Waals surface area (Å²) in [5.74, 6) is 0.379. The molecule has 3 heterocycles. The third kappa shape index (κ3) is 3.56. The molecule has 0 atom stereocenters. The largest absolute Gasteiger partial charge is 0.362 e. The molecule has 0 spiro atoms. The van der Waals surface area contributed by atoms with Crippen LogP contribution in [-0.4, -0.2) is 56.7 Å². The van der Waals surface area contributed by atoms with Crippen LogP contribution in [0, 0.1) is 17.0 Å². The molecule has 1 aliphatic heterocycles. The van der Waals surface area contributed by atoms with Gasteiger partial charge in [0.2, 0.25) is 0 Å². The Morgan fingerprint density at radius 1 is 1.19 bits per heavy atom. The maximum Gasteiger partial charge on any atom is 0.294 e. The fraction of sp³-hybridized carbons (Fsp3) is 0.409. The number of pyridine rings is 1. The van der Waals surface area contributed by atoms with Crippen molar-refractivity contribution in [3.63, 3.8) is 0 Å². The predicted octanol–water partition coefficient (Wildman–Crippen LogP) is 3.68. The summed E-state index contributed by atoms with van der Waals surface area (Å²) in [4.78, 5) is 33.1. The van der Waals surface area contributed by atoms with Gasteiger partial charge in [0.05, 0.1) is 21.6 Å². The van der Waals surface area contributed by atoms with Crippen LogP contribution < -0.4 is 4.90 Å². The molecular formula is C22H23ClN6O3. The van der Waals surface area contributed by atoms with Crippen LogP contribution in [-0.2, 0) is 7.05 Å². The number of amides is 1. The number of hydrogen-bond acceptors (Lipinski definition) is 6. The van der Waals surface area contributed by atoms with Crippen LogP contribution in [0.1, 0.15) is 40.5 Å². The van der Waals surface area contributed by atoms with E-state index in [1.54, 1.807) is 16.8 Å². The fourth-order valence-corrected chi connectivity index (χ4v) is 4.62. The Labute approximate surface area is 189 Å². The molecule has 166 valence electrons. The van der Waals surface area contributed by atoms with Crippen LogP contribution in [0.15, 0.2) is 24.3 Å². The van der Waals surface area contributed by atoms with E-state index >= 15 is 0 Å². The second-order valence-corrected chi connectivity index (χ2v) is 8.88. The van der Waals surface area contributed by atoms with Crippen molar-refractivity contribution in [1.82, 2.24) is 19.7 Å². The van der Waals surface area contributed by atoms with E-state index in [-0.39, 0.29) is 11.6 Å². The molecular weight excluding hydrogens is 432 g/mol. The van der Waals surface area contributed by atoms with E-state index in [4.69, 9.17) is 16.6 Å². The number of aromatic nitrogens is 3. The monoisotopic (exact) mass is 454 g/mol. The van der Waals surface area contributed by atoms with Crippen LogP contribution in [0.4, 0.5) is 11.4 Å². The van der Waals surface area contributed by atoms with Crippen molar-refractivity contribution in [3.8, 4) is 0 Å². The highest BCUT2D eigenvalue weighted by Crippen LogP contribution is 2.40. The molecule has 1 amide bonds. The number of nitro benzene ring substituents is 1. The summed E-state index contributed by atoms with van der Waals surface area (Å²) in [7, 11) is 1.85. The summed E-state index contributed by atoms with van der Waals surface area (Å²) in [6, 6.07) is 6.63. The van der Waals surface area contributed by atoms with E-state index in [1.807, 2.05) is 29.8 Å². The summed E-state index contributed by atoms with van der Waals surface area (Å²) < 4.78 is 1.74. The number of halogens is 1. The van der Waals surface area contributed by atoms with Crippen LogP contribution in [0.2, 0.25) is 5.02 Å². The number of aryl methyl sites for hydroxylation is 2. The lowest BCUT2D eigenvalue weighted by Crippen LogP contribution is -2.49. The maximum atomic E-state index is 13.6. The first-order valence-corrected chi connectivity index (χ1v) is 11.0. The van der Waals surface area contributed by atoms with E-state index in [0.29, 0.717) is 48.4 Å².